The van der Waals surface area contributed by atoms with Gasteiger partial charge in [-0.2, -0.15) is 0 Å². The SMILES string of the molecule is CNCC1Cc2cccc(Cl)c2N1C. The van der Waals surface area contributed by atoms with Gasteiger partial charge in [0, 0.05) is 19.6 Å². The Balaban J connectivity index is 2.31. The van der Waals surface area contributed by atoms with E-state index in [1.165, 1.54) is 11.3 Å². The average Bonchev–Trinajstić information content (AvgIpc) is 2.46. The van der Waals surface area contributed by atoms with Crippen molar-refractivity contribution in [2.24, 2.45) is 0 Å². The molecule has 0 radical (unpaired) electrons. The number of halogens is 1. The van der Waals surface area contributed by atoms with Crippen molar-refractivity contribution >= 4 is 17.3 Å². The highest BCUT2D eigenvalue weighted by molar-refractivity contribution is 6.33. The third-order valence-corrected chi connectivity index (χ3v) is 3.17. The number of benzene rings is 1. The number of nitrogens with zero attached hydrogens (tertiary/aromatic N) is 1. The van der Waals surface area contributed by atoms with E-state index < -0.39 is 0 Å². The zero-order chi connectivity index (χ0) is 10.1. The van der Waals surface area contributed by atoms with Crippen LogP contribution in [-0.2, 0) is 6.42 Å². The number of hydrogen-bond acceptors (Lipinski definition) is 2. The lowest BCUT2D eigenvalue weighted by atomic mass is 10.1. The summed E-state index contributed by atoms with van der Waals surface area (Å²) in [5, 5.41) is 4.07. The van der Waals surface area contributed by atoms with Crippen LogP contribution in [-0.4, -0.2) is 26.7 Å². The van der Waals surface area contributed by atoms with Gasteiger partial charge in [-0.15, -0.1) is 0 Å². The van der Waals surface area contributed by atoms with Crippen LogP contribution in [0.1, 0.15) is 5.56 Å². The molecular formula is C11H15ClN2. The summed E-state index contributed by atoms with van der Waals surface area (Å²) in [6.07, 6.45) is 1.09. The number of likely N-dealkylation sites (N-methyl/N-ethyl adjacent to an activating group) is 2. The molecular weight excluding hydrogens is 196 g/mol. The first-order valence-electron chi connectivity index (χ1n) is 4.89. The second-order valence-electron chi connectivity index (χ2n) is 3.77. The van der Waals surface area contributed by atoms with Gasteiger partial charge in [-0.25, -0.2) is 0 Å². The Hall–Kier alpha value is -0.730. The molecule has 0 saturated heterocycles. The largest absolute Gasteiger partial charge is 0.369 e. The number of nitrogens with one attached hydrogen (secondary N) is 1. The van der Waals surface area contributed by atoms with E-state index >= 15 is 0 Å². The van der Waals surface area contributed by atoms with Crippen molar-refractivity contribution in [1.82, 2.24) is 5.32 Å². The summed E-state index contributed by atoms with van der Waals surface area (Å²) in [5.41, 5.74) is 2.56. The maximum Gasteiger partial charge on any atom is 0.0642 e. The number of anilines is 1. The van der Waals surface area contributed by atoms with Crippen molar-refractivity contribution in [2.75, 3.05) is 25.5 Å². The molecule has 76 valence electrons. The first kappa shape index (κ1) is 9.81. The Morgan fingerprint density at radius 3 is 3.00 bits per heavy atom. The maximum atomic E-state index is 6.17. The predicted octanol–water partition coefficient (Wildman–Crippen LogP) is 1.92. The highest BCUT2D eigenvalue weighted by Crippen LogP contribution is 2.36. The lowest BCUT2D eigenvalue weighted by molar-refractivity contribution is 0.614. The van der Waals surface area contributed by atoms with E-state index in [0.717, 1.165) is 18.0 Å². The quantitative estimate of drug-likeness (QED) is 0.803. The number of fused-ring (bicyclic) bond motifs is 1. The van der Waals surface area contributed by atoms with Crippen molar-refractivity contribution < 1.29 is 0 Å². The van der Waals surface area contributed by atoms with Crippen LogP contribution < -0.4 is 10.2 Å². The topological polar surface area (TPSA) is 15.3 Å². The first-order chi connectivity index (χ1) is 6.74. The van der Waals surface area contributed by atoms with Crippen LogP contribution in [0, 0.1) is 0 Å². The minimum absolute atomic E-state index is 0.537. The molecule has 1 aliphatic rings. The van der Waals surface area contributed by atoms with Gasteiger partial charge in [0.2, 0.25) is 0 Å². The van der Waals surface area contributed by atoms with Crippen LogP contribution in [0.25, 0.3) is 0 Å². The van der Waals surface area contributed by atoms with Gasteiger partial charge in [0.15, 0.2) is 0 Å². The van der Waals surface area contributed by atoms with E-state index in [1.807, 2.05) is 19.2 Å². The van der Waals surface area contributed by atoms with E-state index in [9.17, 15) is 0 Å². The summed E-state index contributed by atoms with van der Waals surface area (Å²) in [6, 6.07) is 6.68. The molecule has 0 amide bonds. The third-order valence-electron chi connectivity index (χ3n) is 2.87. The molecule has 1 N–H and O–H groups in total. The molecule has 1 heterocycles. The monoisotopic (exact) mass is 210 g/mol. The summed E-state index contributed by atoms with van der Waals surface area (Å²) in [6.45, 7) is 1.00. The molecule has 1 aromatic rings. The summed E-state index contributed by atoms with van der Waals surface area (Å²) in [7, 11) is 4.10. The Morgan fingerprint density at radius 1 is 1.57 bits per heavy atom. The fourth-order valence-corrected chi connectivity index (χ4v) is 2.47. The fraction of sp³-hybridized carbons (Fsp3) is 0.455. The summed E-state index contributed by atoms with van der Waals surface area (Å²) in [5.74, 6) is 0. The number of hydrogen-bond donors (Lipinski definition) is 1. The van der Waals surface area contributed by atoms with Crippen molar-refractivity contribution in [3.8, 4) is 0 Å². The van der Waals surface area contributed by atoms with E-state index in [2.05, 4.69) is 23.3 Å². The highest BCUT2D eigenvalue weighted by Gasteiger charge is 2.27. The molecule has 1 atom stereocenters. The van der Waals surface area contributed by atoms with Gasteiger partial charge in [0.25, 0.3) is 0 Å². The van der Waals surface area contributed by atoms with Gasteiger partial charge in [-0.05, 0) is 25.1 Å². The third kappa shape index (κ3) is 1.49. The second kappa shape index (κ2) is 3.79. The van der Waals surface area contributed by atoms with Crippen LogP contribution in [0.2, 0.25) is 5.02 Å². The molecule has 3 heteroatoms. The van der Waals surface area contributed by atoms with Gasteiger partial charge in [0.1, 0.15) is 0 Å². The van der Waals surface area contributed by atoms with E-state index in [0.29, 0.717) is 6.04 Å². The standard InChI is InChI=1S/C11H15ClN2/c1-13-7-9-6-8-4-3-5-10(12)11(8)14(9)2/h3-5,9,13H,6-7H2,1-2H3. The molecule has 0 saturated carbocycles. The van der Waals surface area contributed by atoms with Crippen molar-refractivity contribution in [1.29, 1.82) is 0 Å². The Labute approximate surface area is 89.9 Å². The van der Waals surface area contributed by atoms with E-state index in [-0.39, 0.29) is 0 Å². The van der Waals surface area contributed by atoms with Gasteiger partial charge in [-0.1, -0.05) is 23.7 Å². The molecule has 0 aliphatic carbocycles. The van der Waals surface area contributed by atoms with Gasteiger partial charge in [-0.3, -0.25) is 0 Å². The molecule has 1 unspecified atom stereocenters. The molecule has 14 heavy (non-hydrogen) atoms. The summed E-state index contributed by atoms with van der Waals surface area (Å²) < 4.78 is 0. The maximum absolute atomic E-state index is 6.17. The molecule has 0 fully saturated rings. The number of para-hydroxylation sites is 1. The van der Waals surface area contributed by atoms with E-state index in [4.69, 9.17) is 11.6 Å². The van der Waals surface area contributed by atoms with Gasteiger partial charge >= 0.3 is 0 Å². The normalized spacial score (nSPS) is 19.9. The van der Waals surface area contributed by atoms with Crippen LogP contribution in [0.4, 0.5) is 5.69 Å². The highest BCUT2D eigenvalue weighted by atomic mass is 35.5. The van der Waals surface area contributed by atoms with Gasteiger partial charge in [0.05, 0.1) is 10.7 Å². The van der Waals surface area contributed by atoms with Crippen molar-refractivity contribution in [2.45, 2.75) is 12.5 Å². The summed E-state index contributed by atoms with van der Waals surface area (Å²) >= 11 is 6.17. The molecule has 0 bridgehead atoms. The van der Waals surface area contributed by atoms with E-state index in [1.54, 1.807) is 0 Å². The molecule has 0 spiro atoms. The van der Waals surface area contributed by atoms with Crippen LogP contribution >= 0.6 is 11.6 Å². The van der Waals surface area contributed by atoms with Crippen molar-refractivity contribution in [3.05, 3.63) is 28.8 Å². The molecule has 0 aromatic heterocycles. The minimum Gasteiger partial charge on any atom is -0.369 e. The molecule has 1 aliphatic heterocycles. The van der Waals surface area contributed by atoms with Crippen LogP contribution in [0.15, 0.2) is 18.2 Å². The Bertz CT molecular complexity index is 338. The minimum atomic E-state index is 0.537. The average molecular weight is 211 g/mol. The molecule has 2 nitrogen and oxygen atoms in total. The predicted molar refractivity (Wildman–Crippen MR) is 61.3 cm³/mol. The Kier molecular flexibility index (Phi) is 2.66. The fourth-order valence-electron chi connectivity index (χ4n) is 2.14. The zero-order valence-electron chi connectivity index (χ0n) is 8.55. The Morgan fingerprint density at radius 2 is 2.36 bits per heavy atom. The van der Waals surface area contributed by atoms with Gasteiger partial charge < -0.3 is 10.2 Å². The summed E-state index contributed by atoms with van der Waals surface area (Å²) in [4.78, 5) is 2.27. The lowest BCUT2D eigenvalue weighted by Gasteiger charge is -2.22. The smallest absolute Gasteiger partial charge is 0.0642 e. The van der Waals surface area contributed by atoms with Crippen LogP contribution in [0.3, 0.4) is 0 Å². The molecule has 2 rings (SSSR count). The van der Waals surface area contributed by atoms with Crippen LogP contribution in [0.5, 0.6) is 0 Å². The van der Waals surface area contributed by atoms with Crippen molar-refractivity contribution in [3.63, 3.8) is 0 Å². The lowest BCUT2D eigenvalue weighted by Crippen LogP contribution is -2.36. The number of rotatable bonds is 2. The first-order valence-corrected chi connectivity index (χ1v) is 5.26. The second-order valence-corrected chi connectivity index (χ2v) is 4.18. The zero-order valence-corrected chi connectivity index (χ0v) is 9.30. The molecule has 1 aromatic carbocycles.